The number of hydrogen-bond acceptors (Lipinski definition) is 3. The Hall–Kier alpha value is -2.89. The van der Waals surface area contributed by atoms with Crippen molar-refractivity contribution in [2.45, 2.75) is 34.1 Å². The summed E-state index contributed by atoms with van der Waals surface area (Å²) in [5.74, 6) is -0.663. The van der Waals surface area contributed by atoms with Crippen molar-refractivity contribution in [1.29, 1.82) is 0 Å². The predicted molar refractivity (Wildman–Crippen MR) is 102 cm³/mol. The van der Waals surface area contributed by atoms with E-state index in [4.69, 9.17) is 0 Å². The van der Waals surface area contributed by atoms with E-state index >= 15 is 0 Å². The Morgan fingerprint density at radius 1 is 1.12 bits per heavy atom. The van der Waals surface area contributed by atoms with Gasteiger partial charge in [-0.05, 0) is 44.9 Å². The maximum Gasteiger partial charge on any atom is 0.270 e. The Bertz CT molecular complexity index is 835. The Balaban J connectivity index is 2.12. The van der Waals surface area contributed by atoms with E-state index in [1.54, 1.807) is 14.0 Å². The first-order valence-electron chi connectivity index (χ1n) is 8.59. The monoisotopic (exact) mass is 355 g/mol. The van der Waals surface area contributed by atoms with Gasteiger partial charge in [0, 0.05) is 24.0 Å². The lowest BCUT2D eigenvalue weighted by Crippen LogP contribution is -2.35. The third-order valence-electron chi connectivity index (χ3n) is 4.27. The van der Waals surface area contributed by atoms with Gasteiger partial charge in [-0.1, -0.05) is 24.6 Å². The highest BCUT2D eigenvalue weighted by atomic mass is 16.2. The minimum atomic E-state index is -0.309. The van der Waals surface area contributed by atoms with Gasteiger partial charge in [-0.25, -0.2) is 0 Å². The van der Waals surface area contributed by atoms with Gasteiger partial charge in [0.2, 0.25) is 5.91 Å². The summed E-state index contributed by atoms with van der Waals surface area (Å²) in [6.45, 7) is 7.05. The SMILES string of the molecule is CCc1c(C(=O)N(C)CC(=O)Nc2ccc(C)cc2)[nH]c(C)c1C(C)=O. The maximum absolute atomic E-state index is 12.7. The van der Waals surface area contributed by atoms with Crippen LogP contribution in [-0.4, -0.2) is 41.1 Å². The molecule has 0 aliphatic carbocycles. The molecule has 26 heavy (non-hydrogen) atoms. The van der Waals surface area contributed by atoms with Crippen LogP contribution in [0, 0.1) is 13.8 Å². The molecular formula is C20H25N3O3. The zero-order chi connectivity index (χ0) is 19.4. The lowest BCUT2D eigenvalue weighted by atomic mass is 10.0. The second kappa shape index (κ2) is 7.99. The number of Topliss-reactive ketones (excluding diaryl/α,β-unsaturated/α-hetero) is 1. The largest absolute Gasteiger partial charge is 0.354 e. The highest BCUT2D eigenvalue weighted by Gasteiger charge is 2.24. The molecule has 1 aromatic carbocycles. The molecule has 0 radical (unpaired) electrons. The van der Waals surface area contributed by atoms with Crippen LogP contribution in [0.5, 0.6) is 0 Å². The summed E-state index contributed by atoms with van der Waals surface area (Å²) in [5, 5.41) is 2.77. The number of aryl methyl sites for hydroxylation is 2. The topological polar surface area (TPSA) is 82.3 Å². The normalized spacial score (nSPS) is 10.5. The van der Waals surface area contributed by atoms with Crippen LogP contribution in [0.2, 0.25) is 0 Å². The van der Waals surface area contributed by atoms with E-state index in [1.807, 2.05) is 38.1 Å². The number of aromatic amines is 1. The quantitative estimate of drug-likeness (QED) is 0.781. The number of amides is 2. The Kier molecular flexibility index (Phi) is 5.97. The van der Waals surface area contributed by atoms with Gasteiger partial charge in [0.15, 0.2) is 5.78 Å². The van der Waals surface area contributed by atoms with E-state index in [0.29, 0.717) is 34.6 Å². The van der Waals surface area contributed by atoms with Crippen LogP contribution in [0.1, 0.15) is 51.5 Å². The number of ketones is 1. The minimum Gasteiger partial charge on any atom is -0.354 e. The molecule has 0 aliphatic rings. The molecule has 2 aromatic rings. The molecule has 1 heterocycles. The first-order valence-corrected chi connectivity index (χ1v) is 8.59. The van der Waals surface area contributed by atoms with Crippen LogP contribution in [-0.2, 0) is 11.2 Å². The molecule has 0 bridgehead atoms. The molecule has 2 rings (SSSR count). The number of aromatic nitrogens is 1. The summed E-state index contributed by atoms with van der Waals surface area (Å²) in [6.07, 6.45) is 0.559. The Labute approximate surface area is 153 Å². The highest BCUT2D eigenvalue weighted by Crippen LogP contribution is 2.21. The van der Waals surface area contributed by atoms with E-state index in [2.05, 4.69) is 10.3 Å². The summed E-state index contributed by atoms with van der Waals surface area (Å²) >= 11 is 0. The van der Waals surface area contributed by atoms with Crippen molar-refractivity contribution in [3.63, 3.8) is 0 Å². The van der Waals surface area contributed by atoms with Crippen LogP contribution in [0.3, 0.4) is 0 Å². The van der Waals surface area contributed by atoms with Gasteiger partial charge in [-0.15, -0.1) is 0 Å². The van der Waals surface area contributed by atoms with Crippen LogP contribution < -0.4 is 5.32 Å². The van der Waals surface area contributed by atoms with Crippen LogP contribution in [0.15, 0.2) is 24.3 Å². The molecule has 0 fully saturated rings. The molecule has 6 heteroatoms. The molecule has 2 N–H and O–H groups in total. The van der Waals surface area contributed by atoms with Gasteiger partial charge >= 0.3 is 0 Å². The summed E-state index contributed by atoms with van der Waals surface area (Å²) in [5.41, 5.74) is 4.10. The number of carbonyl (C=O) groups is 3. The first kappa shape index (κ1) is 19.4. The average Bonchev–Trinajstić information content (AvgIpc) is 2.92. The number of H-pyrrole nitrogens is 1. The molecule has 0 spiro atoms. The van der Waals surface area contributed by atoms with Crippen molar-refractivity contribution in [2.75, 3.05) is 18.9 Å². The maximum atomic E-state index is 12.7. The van der Waals surface area contributed by atoms with Gasteiger partial charge in [-0.2, -0.15) is 0 Å². The van der Waals surface area contributed by atoms with Gasteiger partial charge < -0.3 is 15.2 Å². The van der Waals surface area contributed by atoms with E-state index in [1.165, 1.54) is 11.8 Å². The number of nitrogens with zero attached hydrogens (tertiary/aromatic N) is 1. The summed E-state index contributed by atoms with van der Waals surface area (Å²) < 4.78 is 0. The summed E-state index contributed by atoms with van der Waals surface area (Å²) in [4.78, 5) is 41.2. The Morgan fingerprint density at radius 3 is 2.27 bits per heavy atom. The predicted octanol–water partition coefficient (Wildman–Crippen LogP) is 3.11. The van der Waals surface area contributed by atoms with Gasteiger partial charge in [0.25, 0.3) is 5.91 Å². The van der Waals surface area contributed by atoms with Crippen LogP contribution in [0.25, 0.3) is 0 Å². The van der Waals surface area contributed by atoms with Crippen molar-refractivity contribution in [3.8, 4) is 0 Å². The lowest BCUT2D eigenvalue weighted by molar-refractivity contribution is -0.116. The molecule has 0 unspecified atom stereocenters. The van der Waals surface area contributed by atoms with Crippen molar-refractivity contribution in [3.05, 3.63) is 52.3 Å². The lowest BCUT2D eigenvalue weighted by Gasteiger charge is -2.17. The number of carbonyl (C=O) groups excluding carboxylic acids is 3. The number of nitrogens with one attached hydrogen (secondary N) is 2. The zero-order valence-electron chi connectivity index (χ0n) is 15.9. The summed E-state index contributed by atoms with van der Waals surface area (Å²) in [7, 11) is 1.57. The molecule has 0 saturated carbocycles. The Morgan fingerprint density at radius 2 is 1.73 bits per heavy atom. The number of benzene rings is 1. The van der Waals surface area contributed by atoms with Crippen molar-refractivity contribution >= 4 is 23.3 Å². The van der Waals surface area contributed by atoms with E-state index in [0.717, 1.165) is 5.56 Å². The molecule has 2 amide bonds. The fraction of sp³-hybridized carbons (Fsp3) is 0.350. The van der Waals surface area contributed by atoms with Crippen molar-refractivity contribution < 1.29 is 14.4 Å². The number of likely N-dealkylation sites (N-methyl/N-ethyl adjacent to an activating group) is 1. The third-order valence-corrected chi connectivity index (χ3v) is 4.27. The average molecular weight is 355 g/mol. The minimum absolute atomic E-state index is 0.0746. The first-order chi connectivity index (χ1) is 12.2. The fourth-order valence-electron chi connectivity index (χ4n) is 3.00. The summed E-state index contributed by atoms with van der Waals surface area (Å²) in [6, 6.07) is 7.45. The molecule has 1 aromatic heterocycles. The van der Waals surface area contributed by atoms with Gasteiger partial charge in [-0.3, -0.25) is 14.4 Å². The van der Waals surface area contributed by atoms with Crippen molar-refractivity contribution in [2.24, 2.45) is 0 Å². The fourth-order valence-corrected chi connectivity index (χ4v) is 3.00. The standard InChI is InChI=1S/C20H25N3O3/c1-6-16-18(14(4)24)13(3)21-19(16)20(26)23(5)11-17(25)22-15-9-7-12(2)8-10-15/h7-10,21H,6,11H2,1-5H3,(H,22,25). The van der Waals surface area contributed by atoms with Crippen molar-refractivity contribution in [1.82, 2.24) is 9.88 Å². The van der Waals surface area contributed by atoms with Crippen LogP contribution in [0.4, 0.5) is 5.69 Å². The van der Waals surface area contributed by atoms with E-state index in [-0.39, 0.29) is 24.1 Å². The molecular weight excluding hydrogens is 330 g/mol. The highest BCUT2D eigenvalue weighted by molar-refractivity contribution is 6.04. The molecule has 0 atom stereocenters. The van der Waals surface area contributed by atoms with E-state index in [9.17, 15) is 14.4 Å². The van der Waals surface area contributed by atoms with Gasteiger partial charge in [0.05, 0.1) is 6.54 Å². The number of hydrogen-bond donors (Lipinski definition) is 2. The number of rotatable bonds is 6. The van der Waals surface area contributed by atoms with Gasteiger partial charge in [0.1, 0.15) is 5.69 Å². The molecule has 6 nitrogen and oxygen atoms in total. The molecule has 138 valence electrons. The smallest absolute Gasteiger partial charge is 0.270 e. The van der Waals surface area contributed by atoms with Crippen LogP contribution >= 0.6 is 0 Å². The zero-order valence-corrected chi connectivity index (χ0v) is 15.9. The second-order valence-electron chi connectivity index (χ2n) is 6.46. The molecule has 0 aliphatic heterocycles. The molecule has 0 saturated heterocycles. The third kappa shape index (κ3) is 4.20. The number of anilines is 1. The van der Waals surface area contributed by atoms with E-state index < -0.39 is 0 Å². The second-order valence-corrected chi connectivity index (χ2v) is 6.46.